The van der Waals surface area contributed by atoms with Crippen molar-refractivity contribution in [3.8, 4) is 11.5 Å². The van der Waals surface area contributed by atoms with Crippen molar-refractivity contribution in [1.29, 1.82) is 0 Å². The zero-order valence-electron chi connectivity index (χ0n) is 15.4. The minimum absolute atomic E-state index is 0.219. The monoisotopic (exact) mass is 355 g/mol. The Morgan fingerprint density at radius 1 is 1.38 bits per heavy atom. The smallest absolute Gasteiger partial charge is 0.249 e. The van der Waals surface area contributed by atoms with E-state index < -0.39 is 0 Å². The molecule has 0 aliphatic heterocycles. The van der Waals surface area contributed by atoms with Crippen molar-refractivity contribution in [2.45, 2.75) is 26.3 Å². The van der Waals surface area contributed by atoms with E-state index >= 15 is 0 Å². The van der Waals surface area contributed by atoms with Crippen LogP contribution in [0.15, 0.2) is 49.2 Å². The van der Waals surface area contributed by atoms with Gasteiger partial charge < -0.3 is 14.8 Å². The van der Waals surface area contributed by atoms with Crippen LogP contribution in [0.1, 0.15) is 31.9 Å². The molecule has 0 aliphatic rings. The summed E-state index contributed by atoms with van der Waals surface area (Å²) in [5.41, 5.74) is 0.832. The maximum absolute atomic E-state index is 12.2. The number of hydrogen-bond acceptors (Lipinski definition) is 4. The van der Waals surface area contributed by atoms with Crippen molar-refractivity contribution in [3.05, 3.63) is 54.8 Å². The van der Waals surface area contributed by atoms with Gasteiger partial charge in [0.2, 0.25) is 5.91 Å². The maximum Gasteiger partial charge on any atom is 0.249 e. The molecule has 1 unspecified atom stereocenters. The summed E-state index contributed by atoms with van der Waals surface area (Å²) in [7, 11) is 1.58. The molecule has 6 nitrogen and oxygen atoms in total. The molecule has 0 saturated carbocycles. The van der Waals surface area contributed by atoms with Crippen LogP contribution in [-0.4, -0.2) is 29.4 Å². The second-order valence-corrected chi connectivity index (χ2v) is 5.75. The van der Waals surface area contributed by atoms with Crippen molar-refractivity contribution in [2.24, 2.45) is 0 Å². The van der Waals surface area contributed by atoms with E-state index in [-0.39, 0.29) is 11.9 Å². The topological polar surface area (TPSA) is 65.4 Å². The van der Waals surface area contributed by atoms with Gasteiger partial charge >= 0.3 is 0 Å². The molecule has 0 spiro atoms. The molecule has 0 bridgehead atoms. The number of amides is 1. The molecule has 1 heterocycles. The van der Waals surface area contributed by atoms with Crippen LogP contribution >= 0.6 is 0 Å². The summed E-state index contributed by atoms with van der Waals surface area (Å²) in [5, 5.41) is 7.11. The van der Waals surface area contributed by atoms with E-state index in [1.165, 1.54) is 6.08 Å². The minimum Gasteiger partial charge on any atom is -0.493 e. The highest BCUT2D eigenvalue weighted by Gasteiger charge is 2.10. The molecule has 1 amide bonds. The summed E-state index contributed by atoms with van der Waals surface area (Å²) in [4.78, 5) is 12.2. The Kier molecular flexibility index (Phi) is 7.02. The average molecular weight is 355 g/mol. The van der Waals surface area contributed by atoms with Crippen LogP contribution in [0.4, 0.5) is 5.82 Å². The first-order valence-corrected chi connectivity index (χ1v) is 8.53. The van der Waals surface area contributed by atoms with Gasteiger partial charge in [0, 0.05) is 12.1 Å². The van der Waals surface area contributed by atoms with E-state index in [1.807, 2.05) is 12.1 Å². The van der Waals surface area contributed by atoms with Gasteiger partial charge in [-0.2, -0.15) is 5.10 Å². The Hall–Kier alpha value is -3.02. The first-order chi connectivity index (χ1) is 12.6. The SMILES string of the molecule is C=CCOc1ccc(/C=C/C(=O)Nc2ccnn2C(C)CC)cc1OC. The Balaban J connectivity index is 2.06. The number of rotatable bonds is 9. The fraction of sp³-hybridized carbons (Fsp3) is 0.300. The quantitative estimate of drug-likeness (QED) is 0.544. The van der Waals surface area contributed by atoms with E-state index in [1.54, 1.807) is 42.3 Å². The first kappa shape index (κ1) is 19.3. The van der Waals surface area contributed by atoms with E-state index in [4.69, 9.17) is 9.47 Å². The van der Waals surface area contributed by atoms with Gasteiger partial charge in [0.15, 0.2) is 11.5 Å². The number of carbonyl (C=O) groups excluding carboxylic acids is 1. The molecular formula is C20H25N3O3. The summed E-state index contributed by atoms with van der Waals surface area (Å²) in [6.07, 6.45) is 7.48. The Morgan fingerprint density at radius 3 is 2.88 bits per heavy atom. The second-order valence-electron chi connectivity index (χ2n) is 5.75. The van der Waals surface area contributed by atoms with Crippen molar-refractivity contribution in [1.82, 2.24) is 9.78 Å². The average Bonchev–Trinajstić information content (AvgIpc) is 3.12. The second kappa shape index (κ2) is 9.46. The Labute approximate surface area is 154 Å². The highest BCUT2D eigenvalue weighted by molar-refractivity contribution is 6.01. The number of benzene rings is 1. The van der Waals surface area contributed by atoms with E-state index in [9.17, 15) is 4.79 Å². The number of methoxy groups -OCH3 is 1. The van der Waals surface area contributed by atoms with E-state index in [2.05, 4.69) is 30.8 Å². The summed E-state index contributed by atoms with van der Waals surface area (Å²) in [6.45, 7) is 8.16. The minimum atomic E-state index is -0.221. The molecule has 2 aromatic rings. The standard InChI is InChI=1S/C20H25N3O3/c1-5-13-26-17-9-7-16(14-18(17)25-4)8-10-20(24)22-19-11-12-21-23(19)15(3)6-2/h5,7-12,14-15H,1,6,13H2,2-4H3,(H,22,24)/b10-8+. The van der Waals surface area contributed by atoms with Gasteiger partial charge in [-0.1, -0.05) is 25.6 Å². The van der Waals surface area contributed by atoms with Gasteiger partial charge in [0.05, 0.1) is 19.3 Å². The van der Waals surface area contributed by atoms with Gasteiger partial charge in [-0.15, -0.1) is 0 Å². The van der Waals surface area contributed by atoms with Crippen molar-refractivity contribution < 1.29 is 14.3 Å². The number of ether oxygens (including phenoxy) is 2. The number of nitrogens with one attached hydrogen (secondary N) is 1. The van der Waals surface area contributed by atoms with Crippen LogP contribution in [-0.2, 0) is 4.79 Å². The molecule has 1 atom stereocenters. The number of aromatic nitrogens is 2. The van der Waals surface area contributed by atoms with Gasteiger partial charge in [0.25, 0.3) is 0 Å². The van der Waals surface area contributed by atoms with Crippen LogP contribution in [0.5, 0.6) is 11.5 Å². The van der Waals surface area contributed by atoms with Crippen LogP contribution < -0.4 is 14.8 Å². The van der Waals surface area contributed by atoms with Crippen LogP contribution in [0.25, 0.3) is 6.08 Å². The zero-order valence-corrected chi connectivity index (χ0v) is 15.4. The first-order valence-electron chi connectivity index (χ1n) is 8.53. The fourth-order valence-corrected chi connectivity index (χ4v) is 2.33. The molecule has 2 rings (SSSR count). The fourth-order valence-electron chi connectivity index (χ4n) is 2.33. The normalized spacial score (nSPS) is 12.0. The lowest BCUT2D eigenvalue weighted by atomic mass is 10.2. The van der Waals surface area contributed by atoms with Gasteiger partial charge in [-0.05, 0) is 37.1 Å². The lowest BCUT2D eigenvalue weighted by Crippen LogP contribution is -2.15. The van der Waals surface area contributed by atoms with Crippen molar-refractivity contribution >= 4 is 17.8 Å². The summed E-state index contributed by atoms with van der Waals surface area (Å²) in [6, 6.07) is 7.47. The lowest BCUT2D eigenvalue weighted by molar-refractivity contribution is -0.111. The number of nitrogens with zero attached hydrogens (tertiary/aromatic N) is 2. The number of carbonyl (C=O) groups is 1. The summed E-state index contributed by atoms with van der Waals surface area (Å²) >= 11 is 0. The maximum atomic E-state index is 12.2. The summed E-state index contributed by atoms with van der Waals surface area (Å²) in [5.74, 6) is 1.69. The molecule has 0 radical (unpaired) electrons. The third kappa shape index (κ3) is 4.99. The largest absolute Gasteiger partial charge is 0.493 e. The molecule has 26 heavy (non-hydrogen) atoms. The predicted molar refractivity (Wildman–Crippen MR) is 104 cm³/mol. The highest BCUT2D eigenvalue weighted by atomic mass is 16.5. The van der Waals surface area contributed by atoms with E-state index in [0.717, 1.165) is 12.0 Å². The molecule has 6 heteroatoms. The Bertz CT molecular complexity index is 780. The van der Waals surface area contributed by atoms with Crippen LogP contribution in [0, 0.1) is 0 Å². The van der Waals surface area contributed by atoms with Gasteiger partial charge in [-0.3, -0.25) is 4.79 Å². The number of anilines is 1. The summed E-state index contributed by atoms with van der Waals surface area (Å²) < 4.78 is 12.6. The zero-order chi connectivity index (χ0) is 18.9. The molecule has 1 aromatic carbocycles. The van der Waals surface area contributed by atoms with Crippen LogP contribution in [0.2, 0.25) is 0 Å². The third-order valence-electron chi connectivity index (χ3n) is 3.90. The van der Waals surface area contributed by atoms with E-state index in [0.29, 0.717) is 23.9 Å². The molecule has 138 valence electrons. The molecule has 0 aliphatic carbocycles. The lowest BCUT2D eigenvalue weighted by Gasteiger charge is -2.13. The van der Waals surface area contributed by atoms with Crippen LogP contribution in [0.3, 0.4) is 0 Å². The Morgan fingerprint density at radius 2 is 2.19 bits per heavy atom. The third-order valence-corrected chi connectivity index (χ3v) is 3.90. The van der Waals surface area contributed by atoms with Crippen molar-refractivity contribution in [3.63, 3.8) is 0 Å². The van der Waals surface area contributed by atoms with Crippen molar-refractivity contribution in [2.75, 3.05) is 19.0 Å². The molecule has 0 saturated heterocycles. The number of hydrogen-bond donors (Lipinski definition) is 1. The molecule has 1 N–H and O–H groups in total. The van der Waals surface area contributed by atoms with Gasteiger partial charge in [-0.25, -0.2) is 4.68 Å². The molecule has 0 fully saturated rings. The predicted octanol–water partition coefficient (Wildman–Crippen LogP) is 4.08. The molecular weight excluding hydrogens is 330 g/mol. The highest BCUT2D eigenvalue weighted by Crippen LogP contribution is 2.28. The molecule has 1 aromatic heterocycles. The van der Waals surface area contributed by atoms with Gasteiger partial charge in [0.1, 0.15) is 12.4 Å².